The molecule has 1 aliphatic rings. The van der Waals surface area contributed by atoms with E-state index in [9.17, 15) is 9.59 Å². The molecule has 1 atom stereocenters. The van der Waals surface area contributed by atoms with Gasteiger partial charge in [0.1, 0.15) is 5.92 Å². The van der Waals surface area contributed by atoms with Crippen molar-refractivity contribution in [3.8, 4) is 0 Å². The number of Topliss-reactive ketones (excluding diaryl/α,β-unsaturated/α-hetero) is 1. The summed E-state index contributed by atoms with van der Waals surface area (Å²) < 4.78 is 0. The molecular weight excluding hydrogens is 196 g/mol. The zero-order valence-corrected chi connectivity index (χ0v) is 8.69. The molecule has 0 saturated heterocycles. The van der Waals surface area contributed by atoms with Gasteiger partial charge in [-0.2, -0.15) is 0 Å². The van der Waals surface area contributed by atoms with Crippen molar-refractivity contribution in [1.29, 1.82) is 0 Å². The summed E-state index contributed by atoms with van der Waals surface area (Å²) in [5.74, 6) is -2.44. The molecule has 0 bridgehead atoms. The SMILES string of the molecule is NCC(=O)C(C(=O)O)C1CCC(N)CC1. The second-order valence-electron chi connectivity index (χ2n) is 4.16. The van der Waals surface area contributed by atoms with E-state index in [1.807, 2.05) is 0 Å². The Balaban J connectivity index is 2.64. The maximum atomic E-state index is 11.4. The number of carboxylic acid groups (broad SMARTS) is 1. The Morgan fingerprint density at radius 1 is 1.27 bits per heavy atom. The van der Waals surface area contributed by atoms with Crippen molar-refractivity contribution < 1.29 is 14.7 Å². The summed E-state index contributed by atoms with van der Waals surface area (Å²) in [6.45, 7) is -0.195. The zero-order valence-electron chi connectivity index (χ0n) is 8.69. The number of ketones is 1. The van der Waals surface area contributed by atoms with Crippen LogP contribution in [-0.4, -0.2) is 29.4 Å². The molecule has 0 aromatic carbocycles. The van der Waals surface area contributed by atoms with Crippen LogP contribution in [0.3, 0.4) is 0 Å². The van der Waals surface area contributed by atoms with Gasteiger partial charge in [-0.1, -0.05) is 0 Å². The number of carbonyl (C=O) groups is 2. The van der Waals surface area contributed by atoms with Crippen LogP contribution in [0.15, 0.2) is 0 Å². The molecule has 0 aromatic heterocycles. The molecule has 5 heteroatoms. The van der Waals surface area contributed by atoms with Crippen LogP contribution in [0, 0.1) is 11.8 Å². The number of aliphatic carboxylic acids is 1. The lowest BCUT2D eigenvalue weighted by Gasteiger charge is -2.29. The van der Waals surface area contributed by atoms with E-state index in [1.165, 1.54) is 0 Å². The molecule has 1 fully saturated rings. The van der Waals surface area contributed by atoms with Crippen molar-refractivity contribution in [3.05, 3.63) is 0 Å². The first-order chi connectivity index (χ1) is 7.06. The smallest absolute Gasteiger partial charge is 0.314 e. The predicted octanol–water partition coefficient (Wildman–Crippen LogP) is -0.267. The number of hydrogen-bond acceptors (Lipinski definition) is 4. The molecule has 0 spiro atoms. The summed E-state index contributed by atoms with van der Waals surface area (Å²) in [4.78, 5) is 22.4. The van der Waals surface area contributed by atoms with Gasteiger partial charge in [-0.15, -0.1) is 0 Å². The third-order valence-electron chi connectivity index (χ3n) is 3.10. The topological polar surface area (TPSA) is 106 Å². The second-order valence-corrected chi connectivity index (χ2v) is 4.16. The van der Waals surface area contributed by atoms with Gasteiger partial charge in [-0.25, -0.2) is 0 Å². The fraction of sp³-hybridized carbons (Fsp3) is 0.800. The van der Waals surface area contributed by atoms with Crippen LogP contribution in [0.4, 0.5) is 0 Å². The van der Waals surface area contributed by atoms with Crippen molar-refractivity contribution in [2.45, 2.75) is 31.7 Å². The van der Waals surface area contributed by atoms with E-state index < -0.39 is 11.9 Å². The van der Waals surface area contributed by atoms with Gasteiger partial charge in [0, 0.05) is 6.04 Å². The molecule has 86 valence electrons. The quantitative estimate of drug-likeness (QED) is 0.559. The van der Waals surface area contributed by atoms with Crippen molar-refractivity contribution in [2.24, 2.45) is 23.3 Å². The van der Waals surface area contributed by atoms with Gasteiger partial charge in [0.05, 0.1) is 6.54 Å². The van der Waals surface area contributed by atoms with Gasteiger partial charge in [-0.3, -0.25) is 9.59 Å². The molecule has 5 N–H and O–H groups in total. The van der Waals surface area contributed by atoms with E-state index in [1.54, 1.807) is 0 Å². The summed E-state index contributed by atoms with van der Waals surface area (Å²) in [6.07, 6.45) is 3.02. The van der Waals surface area contributed by atoms with Gasteiger partial charge in [0.25, 0.3) is 0 Å². The first-order valence-corrected chi connectivity index (χ1v) is 5.27. The van der Waals surface area contributed by atoms with Gasteiger partial charge < -0.3 is 16.6 Å². The first-order valence-electron chi connectivity index (χ1n) is 5.27. The average Bonchev–Trinajstić information content (AvgIpc) is 2.20. The van der Waals surface area contributed by atoms with Crippen molar-refractivity contribution in [1.82, 2.24) is 0 Å². The summed E-state index contributed by atoms with van der Waals surface area (Å²) in [5, 5.41) is 8.99. The van der Waals surface area contributed by atoms with Gasteiger partial charge in [0.2, 0.25) is 0 Å². The minimum absolute atomic E-state index is 0.0849. The maximum absolute atomic E-state index is 11.4. The third kappa shape index (κ3) is 3.00. The lowest BCUT2D eigenvalue weighted by Crippen LogP contribution is -2.39. The molecule has 0 amide bonds. The fourth-order valence-electron chi connectivity index (χ4n) is 2.21. The molecule has 1 rings (SSSR count). The Hall–Kier alpha value is -0.940. The number of nitrogens with two attached hydrogens (primary N) is 2. The number of carboxylic acids is 1. The Morgan fingerprint density at radius 2 is 1.80 bits per heavy atom. The minimum atomic E-state index is -1.05. The van der Waals surface area contributed by atoms with E-state index >= 15 is 0 Å². The third-order valence-corrected chi connectivity index (χ3v) is 3.10. The summed E-state index contributed by atoms with van der Waals surface area (Å²) in [6, 6.07) is 0.156. The highest BCUT2D eigenvalue weighted by atomic mass is 16.4. The molecule has 0 aromatic rings. The second kappa shape index (κ2) is 5.23. The maximum Gasteiger partial charge on any atom is 0.314 e. The molecule has 0 aliphatic heterocycles. The molecule has 1 saturated carbocycles. The molecular formula is C10H18N2O3. The monoisotopic (exact) mass is 214 g/mol. The number of hydrogen-bond donors (Lipinski definition) is 3. The minimum Gasteiger partial charge on any atom is -0.481 e. The lowest BCUT2D eigenvalue weighted by atomic mass is 9.76. The highest BCUT2D eigenvalue weighted by Crippen LogP contribution is 2.30. The highest BCUT2D eigenvalue weighted by molar-refractivity contribution is 5.99. The van der Waals surface area contributed by atoms with Crippen LogP contribution >= 0.6 is 0 Å². The van der Waals surface area contributed by atoms with Crippen molar-refractivity contribution in [3.63, 3.8) is 0 Å². The van der Waals surface area contributed by atoms with Crippen molar-refractivity contribution in [2.75, 3.05) is 6.54 Å². The zero-order chi connectivity index (χ0) is 11.4. The molecule has 5 nitrogen and oxygen atoms in total. The Kier molecular flexibility index (Phi) is 4.23. The number of carbonyl (C=O) groups excluding carboxylic acids is 1. The van der Waals surface area contributed by atoms with Gasteiger partial charge in [-0.05, 0) is 31.6 Å². The van der Waals surface area contributed by atoms with E-state index in [2.05, 4.69) is 0 Å². The lowest BCUT2D eigenvalue weighted by molar-refractivity contribution is -0.148. The summed E-state index contributed by atoms with van der Waals surface area (Å²) >= 11 is 0. The Labute approximate surface area is 88.8 Å². The van der Waals surface area contributed by atoms with Crippen LogP contribution in [0.2, 0.25) is 0 Å². The van der Waals surface area contributed by atoms with E-state index in [0.717, 1.165) is 12.8 Å². The van der Waals surface area contributed by atoms with Crippen LogP contribution < -0.4 is 11.5 Å². The van der Waals surface area contributed by atoms with Crippen molar-refractivity contribution >= 4 is 11.8 Å². The van der Waals surface area contributed by atoms with Crippen LogP contribution in [0.25, 0.3) is 0 Å². The molecule has 0 heterocycles. The predicted molar refractivity (Wildman–Crippen MR) is 55.1 cm³/mol. The normalized spacial score (nSPS) is 28.4. The van der Waals surface area contributed by atoms with Crippen LogP contribution in [0.1, 0.15) is 25.7 Å². The van der Waals surface area contributed by atoms with E-state index in [4.69, 9.17) is 16.6 Å². The van der Waals surface area contributed by atoms with Gasteiger partial charge >= 0.3 is 5.97 Å². The largest absolute Gasteiger partial charge is 0.481 e. The molecule has 1 unspecified atom stereocenters. The average molecular weight is 214 g/mol. The molecule has 15 heavy (non-hydrogen) atoms. The van der Waals surface area contributed by atoms with Gasteiger partial charge in [0.15, 0.2) is 5.78 Å². The molecule has 0 radical (unpaired) electrons. The Bertz CT molecular complexity index is 247. The fourth-order valence-corrected chi connectivity index (χ4v) is 2.21. The van der Waals surface area contributed by atoms with Crippen LogP contribution in [-0.2, 0) is 9.59 Å². The Morgan fingerprint density at radius 3 is 2.20 bits per heavy atom. The molecule has 1 aliphatic carbocycles. The van der Waals surface area contributed by atoms with E-state index in [0.29, 0.717) is 12.8 Å². The number of rotatable bonds is 4. The first kappa shape index (κ1) is 12.1. The highest BCUT2D eigenvalue weighted by Gasteiger charge is 2.35. The van der Waals surface area contributed by atoms with Crippen LogP contribution in [0.5, 0.6) is 0 Å². The standard InChI is InChI=1S/C10H18N2O3/c11-5-8(13)9(10(14)15)6-1-3-7(12)4-2-6/h6-7,9H,1-5,11-12H2,(H,14,15). The summed E-state index contributed by atoms with van der Waals surface area (Å²) in [7, 11) is 0. The van der Waals surface area contributed by atoms with E-state index in [-0.39, 0.29) is 24.3 Å². The summed E-state index contributed by atoms with van der Waals surface area (Å²) in [5.41, 5.74) is 10.9.